The second-order valence-electron chi connectivity index (χ2n) is 3.71. The van der Waals surface area contributed by atoms with E-state index >= 15 is 0 Å². The van der Waals surface area contributed by atoms with Gasteiger partial charge in [0.15, 0.2) is 5.69 Å². The first kappa shape index (κ1) is 12.9. The van der Waals surface area contributed by atoms with E-state index in [1.807, 2.05) is 6.92 Å². The smallest absolute Gasteiger partial charge is 0.337 e. The normalized spacial score (nSPS) is 10.2. The molecule has 0 atom stereocenters. The summed E-state index contributed by atoms with van der Waals surface area (Å²) in [6.45, 7) is 2.31. The molecule has 0 fully saturated rings. The van der Waals surface area contributed by atoms with E-state index in [4.69, 9.17) is 0 Å². The molecule has 0 saturated carbocycles. The Morgan fingerprint density at radius 3 is 2.58 bits per heavy atom. The highest BCUT2D eigenvalue weighted by Gasteiger charge is 2.23. The Kier molecular flexibility index (Phi) is 3.65. The second kappa shape index (κ2) is 5.38. The van der Waals surface area contributed by atoms with E-state index in [0.29, 0.717) is 12.1 Å². The maximum atomic E-state index is 12.9. The van der Waals surface area contributed by atoms with Crippen LogP contribution in [0, 0.1) is 15.9 Å². The third kappa shape index (κ3) is 2.65. The van der Waals surface area contributed by atoms with Crippen molar-refractivity contribution in [3.63, 3.8) is 0 Å². The van der Waals surface area contributed by atoms with Crippen molar-refractivity contribution < 1.29 is 9.31 Å². The molecule has 1 N–H and O–H groups in total. The quantitative estimate of drug-likeness (QED) is 0.676. The van der Waals surface area contributed by atoms with Crippen molar-refractivity contribution in [2.75, 3.05) is 11.9 Å². The number of hydrogen-bond donors (Lipinski definition) is 1. The molecule has 0 aliphatic heterocycles. The van der Waals surface area contributed by atoms with Crippen molar-refractivity contribution in [1.29, 1.82) is 0 Å². The van der Waals surface area contributed by atoms with Gasteiger partial charge in [0.2, 0.25) is 5.82 Å². The van der Waals surface area contributed by atoms with Gasteiger partial charge in [0.25, 0.3) is 0 Å². The molecule has 6 nitrogen and oxygen atoms in total. The van der Waals surface area contributed by atoms with Crippen LogP contribution in [0.1, 0.15) is 6.92 Å². The average molecular weight is 262 g/mol. The van der Waals surface area contributed by atoms with Gasteiger partial charge in [-0.1, -0.05) is 0 Å². The molecule has 19 heavy (non-hydrogen) atoms. The number of rotatable bonds is 4. The second-order valence-corrected chi connectivity index (χ2v) is 3.71. The monoisotopic (exact) mass is 262 g/mol. The van der Waals surface area contributed by atoms with Gasteiger partial charge in [-0.05, 0) is 31.2 Å². The maximum absolute atomic E-state index is 12.9. The summed E-state index contributed by atoms with van der Waals surface area (Å²) in [5.41, 5.74) is 0.418. The zero-order valence-corrected chi connectivity index (χ0v) is 10.1. The van der Waals surface area contributed by atoms with E-state index in [-0.39, 0.29) is 17.2 Å². The van der Waals surface area contributed by atoms with Gasteiger partial charge in [-0.2, -0.15) is 0 Å². The third-order valence-corrected chi connectivity index (χ3v) is 2.47. The fraction of sp³-hybridized carbons (Fsp3) is 0.167. The largest absolute Gasteiger partial charge is 0.365 e. The van der Waals surface area contributed by atoms with Gasteiger partial charge in [-0.3, -0.25) is 10.1 Å². The van der Waals surface area contributed by atoms with Crippen LogP contribution >= 0.6 is 0 Å². The summed E-state index contributed by atoms with van der Waals surface area (Å²) in [6, 6.07) is 5.35. The molecule has 0 bridgehead atoms. The predicted octanol–water partition coefficient (Wildman–Crippen LogP) is 2.62. The predicted molar refractivity (Wildman–Crippen MR) is 68.2 cm³/mol. The standard InChI is InChI=1S/C12H11FN4O2/c1-2-14-12-11(17(18)19)10(15-7-16-12)8-3-5-9(13)6-4-8/h3-7H,2H2,1H3,(H,14,15,16). The average Bonchev–Trinajstić information content (AvgIpc) is 2.39. The number of nitrogens with one attached hydrogen (secondary N) is 1. The van der Waals surface area contributed by atoms with Crippen molar-refractivity contribution >= 4 is 11.5 Å². The van der Waals surface area contributed by atoms with Crippen LogP contribution in [0.2, 0.25) is 0 Å². The third-order valence-electron chi connectivity index (χ3n) is 2.47. The molecular formula is C12H11FN4O2. The molecule has 0 spiro atoms. The number of benzene rings is 1. The highest BCUT2D eigenvalue weighted by Crippen LogP contribution is 2.32. The molecule has 0 saturated heterocycles. The first-order valence-electron chi connectivity index (χ1n) is 5.62. The van der Waals surface area contributed by atoms with Crippen LogP contribution in [0.25, 0.3) is 11.3 Å². The summed E-state index contributed by atoms with van der Waals surface area (Å²) in [5.74, 6) is -0.255. The number of hydrogen-bond acceptors (Lipinski definition) is 5. The van der Waals surface area contributed by atoms with Crippen molar-refractivity contribution in [2.24, 2.45) is 0 Å². The van der Waals surface area contributed by atoms with E-state index in [1.165, 1.54) is 30.6 Å². The summed E-state index contributed by atoms with van der Waals surface area (Å²) in [4.78, 5) is 18.4. The van der Waals surface area contributed by atoms with Gasteiger partial charge in [0.1, 0.15) is 12.1 Å². The lowest BCUT2D eigenvalue weighted by molar-refractivity contribution is -0.383. The van der Waals surface area contributed by atoms with E-state index in [0.717, 1.165) is 0 Å². The minimum absolute atomic E-state index is 0.154. The summed E-state index contributed by atoms with van der Waals surface area (Å²) in [7, 11) is 0. The van der Waals surface area contributed by atoms with Crippen molar-refractivity contribution in [2.45, 2.75) is 6.92 Å². The van der Waals surface area contributed by atoms with Crippen LogP contribution in [0.15, 0.2) is 30.6 Å². The van der Waals surface area contributed by atoms with E-state index in [9.17, 15) is 14.5 Å². The minimum atomic E-state index is -0.545. The fourth-order valence-corrected chi connectivity index (χ4v) is 1.67. The van der Waals surface area contributed by atoms with E-state index in [1.54, 1.807) is 0 Å². The van der Waals surface area contributed by atoms with Gasteiger partial charge in [0, 0.05) is 12.1 Å². The molecule has 1 aromatic heterocycles. The van der Waals surface area contributed by atoms with Crippen molar-refractivity contribution in [3.05, 3.63) is 46.5 Å². The van der Waals surface area contributed by atoms with Gasteiger partial charge in [-0.25, -0.2) is 14.4 Å². The number of halogens is 1. The summed E-state index contributed by atoms with van der Waals surface area (Å²) >= 11 is 0. The molecule has 0 unspecified atom stereocenters. The summed E-state index contributed by atoms with van der Waals surface area (Å²) in [5, 5.41) is 14.0. The topological polar surface area (TPSA) is 81.0 Å². The molecule has 7 heteroatoms. The van der Waals surface area contributed by atoms with E-state index in [2.05, 4.69) is 15.3 Å². The molecule has 2 rings (SSSR count). The Balaban J connectivity index is 2.59. The first-order chi connectivity index (χ1) is 9.13. The van der Waals surface area contributed by atoms with Crippen LogP contribution < -0.4 is 5.32 Å². The fourth-order valence-electron chi connectivity index (χ4n) is 1.67. The van der Waals surface area contributed by atoms with Gasteiger partial charge in [-0.15, -0.1) is 0 Å². The minimum Gasteiger partial charge on any atom is -0.365 e. The molecule has 1 aromatic carbocycles. The van der Waals surface area contributed by atoms with Gasteiger partial charge in [0.05, 0.1) is 4.92 Å². The lowest BCUT2D eigenvalue weighted by atomic mass is 10.1. The highest BCUT2D eigenvalue weighted by atomic mass is 19.1. The lowest BCUT2D eigenvalue weighted by Gasteiger charge is -2.07. The lowest BCUT2D eigenvalue weighted by Crippen LogP contribution is -2.06. The Bertz CT molecular complexity index is 601. The van der Waals surface area contributed by atoms with Crippen LogP contribution in [0.5, 0.6) is 0 Å². The van der Waals surface area contributed by atoms with Crippen LogP contribution in [-0.4, -0.2) is 21.4 Å². The van der Waals surface area contributed by atoms with Crippen LogP contribution in [0.3, 0.4) is 0 Å². The molecule has 1 heterocycles. The molecular weight excluding hydrogens is 251 g/mol. The number of aromatic nitrogens is 2. The Labute approximate surface area is 108 Å². The van der Waals surface area contributed by atoms with Crippen LogP contribution in [-0.2, 0) is 0 Å². The molecule has 0 amide bonds. The van der Waals surface area contributed by atoms with E-state index < -0.39 is 10.7 Å². The number of anilines is 1. The maximum Gasteiger partial charge on any atom is 0.337 e. The number of nitro groups is 1. The zero-order chi connectivity index (χ0) is 13.8. The highest BCUT2D eigenvalue weighted by molar-refractivity contribution is 5.76. The molecule has 0 aliphatic rings. The summed E-state index contributed by atoms with van der Waals surface area (Å²) < 4.78 is 12.9. The van der Waals surface area contributed by atoms with Crippen molar-refractivity contribution in [3.8, 4) is 11.3 Å². The molecule has 0 radical (unpaired) electrons. The molecule has 98 valence electrons. The zero-order valence-electron chi connectivity index (χ0n) is 10.1. The SMILES string of the molecule is CCNc1ncnc(-c2ccc(F)cc2)c1[N+](=O)[O-]. The Morgan fingerprint density at radius 1 is 1.32 bits per heavy atom. The van der Waals surface area contributed by atoms with Crippen molar-refractivity contribution in [1.82, 2.24) is 9.97 Å². The first-order valence-corrected chi connectivity index (χ1v) is 5.62. The van der Waals surface area contributed by atoms with Gasteiger partial charge < -0.3 is 5.32 Å². The Hall–Kier alpha value is -2.57. The molecule has 0 aliphatic carbocycles. The van der Waals surface area contributed by atoms with Gasteiger partial charge >= 0.3 is 5.69 Å². The summed E-state index contributed by atoms with van der Waals surface area (Å²) in [6.07, 6.45) is 1.24. The van der Waals surface area contributed by atoms with Crippen LogP contribution in [0.4, 0.5) is 15.9 Å². The Morgan fingerprint density at radius 2 is 2.00 bits per heavy atom. The number of nitrogens with zero attached hydrogens (tertiary/aromatic N) is 3. The molecule has 2 aromatic rings.